The molecule has 0 aromatic carbocycles. The van der Waals surface area contributed by atoms with Crippen molar-refractivity contribution in [2.75, 3.05) is 33.4 Å². The number of hydrogen-bond donors (Lipinski definition) is 5. The van der Waals surface area contributed by atoms with Crippen molar-refractivity contribution < 1.29 is 20.1 Å². The van der Waals surface area contributed by atoms with Gasteiger partial charge in [0.15, 0.2) is 0 Å². The maximum absolute atomic E-state index is 11.5. The van der Waals surface area contributed by atoms with Crippen molar-refractivity contribution in [1.29, 1.82) is 0 Å². The zero-order valence-corrected chi connectivity index (χ0v) is 9.16. The first-order chi connectivity index (χ1) is 7.05. The van der Waals surface area contributed by atoms with E-state index < -0.39 is 25.4 Å². The molecule has 0 aromatic rings. The molecule has 0 bridgehead atoms. The summed E-state index contributed by atoms with van der Waals surface area (Å²) in [4.78, 5) is 11.5. The molecule has 0 aliphatic carbocycles. The molecule has 0 radical (unpaired) electrons. The molecule has 0 heterocycles. The van der Waals surface area contributed by atoms with E-state index in [1.165, 1.54) is 0 Å². The number of carbonyl (C=O) groups excluding carboxylic acids is 1. The summed E-state index contributed by atoms with van der Waals surface area (Å²) in [5.41, 5.74) is -1.33. The second-order valence-corrected chi connectivity index (χ2v) is 3.70. The number of amides is 1. The topological polar surface area (TPSA) is 102 Å². The van der Waals surface area contributed by atoms with Gasteiger partial charge >= 0.3 is 0 Å². The van der Waals surface area contributed by atoms with Crippen molar-refractivity contribution in [2.24, 2.45) is 5.92 Å². The Kier molecular flexibility index (Phi) is 6.42. The third-order valence-corrected chi connectivity index (χ3v) is 2.25. The van der Waals surface area contributed by atoms with Crippen LogP contribution in [-0.4, -0.2) is 60.2 Å². The van der Waals surface area contributed by atoms with Gasteiger partial charge in [-0.1, -0.05) is 6.92 Å². The van der Waals surface area contributed by atoms with Crippen LogP contribution in [0.3, 0.4) is 0 Å². The van der Waals surface area contributed by atoms with Crippen molar-refractivity contribution in [3.8, 4) is 0 Å². The predicted molar refractivity (Wildman–Crippen MR) is 55.2 cm³/mol. The Labute approximate surface area is 89.3 Å². The molecule has 15 heavy (non-hydrogen) atoms. The summed E-state index contributed by atoms with van der Waals surface area (Å²) >= 11 is 0. The normalized spacial score (nSPS) is 13.7. The van der Waals surface area contributed by atoms with E-state index in [0.717, 1.165) is 0 Å². The number of nitrogens with one attached hydrogen (secondary N) is 2. The Morgan fingerprint density at radius 1 is 1.27 bits per heavy atom. The van der Waals surface area contributed by atoms with Gasteiger partial charge in [0.25, 0.3) is 0 Å². The van der Waals surface area contributed by atoms with Crippen LogP contribution in [0.2, 0.25) is 0 Å². The molecule has 1 unspecified atom stereocenters. The van der Waals surface area contributed by atoms with Gasteiger partial charge in [0.05, 0.1) is 19.8 Å². The predicted octanol–water partition coefficient (Wildman–Crippen LogP) is -2.33. The SMILES string of the molecule is CNCC(C)C(=O)NC(CO)(CO)CO. The lowest BCUT2D eigenvalue weighted by Gasteiger charge is -2.30. The highest BCUT2D eigenvalue weighted by Crippen LogP contribution is 2.04. The fourth-order valence-corrected chi connectivity index (χ4v) is 1.05. The van der Waals surface area contributed by atoms with E-state index in [2.05, 4.69) is 10.6 Å². The number of aliphatic hydroxyl groups excluding tert-OH is 3. The summed E-state index contributed by atoms with van der Waals surface area (Å²) in [5, 5.41) is 32.2. The van der Waals surface area contributed by atoms with Crippen LogP contribution < -0.4 is 10.6 Å². The van der Waals surface area contributed by atoms with Gasteiger partial charge in [0.1, 0.15) is 5.54 Å². The first kappa shape index (κ1) is 14.3. The Bertz CT molecular complexity index is 186. The molecule has 0 saturated carbocycles. The third-order valence-electron chi connectivity index (χ3n) is 2.25. The molecule has 90 valence electrons. The number of rotatable bonds is 7. The molecule has 0 aliphatic heterocycles. The van der Waals surface area contributed by atoms with Crippen molar-refractivity contribution in [3.05, 3.63) is 0 Å². The van der Waals surface area contributed by atoms with Crippen LogP contribution in [0.1, 0.15) is 6.92 Å². The molecule has 5 N–H and O–H groups in total. The maximum atomic E-state index is 11.5. The third kappa shape index (κ3) is 4.13. The summed E-state index contributed by atoms with van der Waals surface area (Å²) in [7, 11) is 1.72. The van der Waals surface area contributed by atoms with Crippen LogP contribution in [-0.2, 0) is 4.79 Å². The fourth-order valence-electron chi connectivity index (χ4n) is 1.05. The smallest absolute Gasteiger partial charge is 0.224 e. The highest BCUT2D eigenvalue weighted by atomic mass is 16.3. The molecular formula is C9H20N2O4. The highest BCUT2D eigenvalue weighted by Gasteiger charge is 2.31. The Morgan fingerprint density at radius 3 is 2.07 bits per heavy atom. The minimum atomic E-state index is -1.33. The summed E-state index contributed by atoms with van der Waals surface area (Å²) in [6.45, 7) is 0.695. The fraction of sp³-hybridized carbons (Fsp3) is 0.889. The molecule has 0 fully saturated rings. The van der Waals surface area contributed by atoms with Gasteiger partial charge in [-0.25, -0.2) is 0 Å². The van der Waals surface area contributed by atoms with Crippen LogP contribution in [0.15, 0.2) is 0 Å². The molecule has 0 spiro atoms. The van der Waals surface area contributed by atoms with Gasteiger partial charge in [0.2, 0.25) is 5.91 Å². The van der Waals surface area contributed by atoms with Crippen LogP contribution in [0.25, 0.3) is 0 Å². The van der Waals surface area contributed by atoms with Crippen LogP contribution in [0.5, 0.6) is 0 Å². The summed E-state index contributed by atoms with van der Waals surface area (Å²) in [6, 6.07) is 0. The first-order valence-electron chi connectivity index (χ1n) is 4.84. The summed E-state index contributed by atoms with van der Waals surface area (Å²) < 4.78 is 0. The van der Waals surface area contributed by atoms with Gasteiger partial charge in [-0.3, -0.25) is 4.79 Å². The quantitative estimate of drug-likeness (QED) is 0.331. The van der Waals surface area contributed by atoms with Gasteiger partial charge < -0.3 is 26.0 Å². The molecule has 0 aliphatic rings. The van der Waals surface area contributed by atoms with Gasteiger partial charge in [-0.05, 0) is 7.05 Å². The monoisotopic (exact) mass is 220 g/mol. The molecule has 0 saturated heterocycles. The average Bonchev–Trinajstić information content (AvgIpc) is 2.26. The van der Waals surface area contributed by atoms with Crippen molar-refractivity contribution in [1.82, 2.24) is 10.6 Å². The van der Waals surface area contributed by atoms with E-state index >= 15 is 0 Å². The van der Waals surface area contributed by atoms with E-state index in [4.69, 9.17) is 15.3 Å². The highest BCUT2D eigenvalue weighted by molar-refractivity contribution is 5.79. The maximum Gasteiger partial charge on any atom is 0.224 e. The molecule has 1 atom stereocenters. The molecule has 0 aromatic heterocycles. The van der Waals surface area contributed by atoms with Crippen LogP contribution in [0, 0.1) is 5.92 Å². The van der Waals surface area contributed by atoms with Gasteiger partial charge in [0, 0.05) is 12.5 Å². The largest absolute Gasteiger partial charge is 0.394 e. The van der Waals surface area contributed by atoms with E-state index in [-0.39, 0.29) is 11.8 Å². The van der Waals surface area contributed by atoms with Gasteiger partial charge in [-0.15, -0.1) is 0 Å². The lowest BCUT2D eigenvalue weighted by atomic mass is 10.0. The minimum Gasteiger partial charge on any atom is -0.394 e. The summed E-state index contributed by atoms with van der Waals surface area (Å²) in [6.07, 6.45) is 0. The standard InChI is InChI=1S/C9H20N2O4/c1-7(3-10-2)8(15)11-9(4-12,5-13)6-14/h7,10,12-14H,3-6H2,1-2H3,(H,11,15). The lowest BCUT2D eigenvalue weighted by molar-refractivity contribution is -0.128. The average molecular weight is 220 g/mol. The van der Waals surface area contributed by atoms with E-state index in [0.29, 0.717) is 6.54 Å². The Balaban J connectivity index is 4.34. The Morgan fingerprint density at radius 2 is 1.73 bits per heavy atom. The van der Waals surface area contributed by atoms with Gasteiger partial charge in [-0.2, -0.15) is 0 Å². The number of carbonyl (C=O) groups is 1. The number of aliphatic hydroxyl groups is 3. The minimum absolute atomic E-state index is 0.293. The van der Waals surface area contributed by atoms with E-state index in [1.54, 1.807) is 14.0 Å². The Hall–Kier alpha value is -0.690. The molecule has 1 amide bonds. The summed E-state index contributed by atoms with van der Waals surface area (Å²) in [5.74, 6) is -0.611. The van der Waals surface area contributed by atoms with E-state index in [1.807, 2.05) is 0 Å². The number of hydrogen-bond acceptors (Lipinski definition) is 5. The van der Waals surface area contributed by atoms with Crippen molar-refractivity contribution in [2.45, 2.75) is 12.5 Å². The molecule has 6 heteroatoms. The van der Waals surface area contributed by atoms with Crippen molar-refractivity contribution >= 4 is 5.91 Å². The lowest BCUT2D eigenvalue weighted by Crippen LogP contribution is -2.58. The zero-order valence-electron chi connectivity index (χ0n) is 9.16. The van der Waals surface area contributed by atoms with Crippen molar-refractivity contribution in [3.63, 3.8) is 0 Å². The zero-order chi connectivity index (χ0) is 11.9. The first-order valence-corrected chi connectivity index (χ1v) is 4.84. The van der Waals surface area contributed by atoms with Crippen LogP contribution in [0.4, 0.5) is 0 Å². The molecule has 0 rings (SSSR count). The molecule has 6 nitrogen and oxygen atoms in total. The second-order valence-electron chi connectivity index (χ2n) is 3.70. The second kappa shape index (κ2) is 6.73. The molecular weight excluding hydrogens is 200 g/mol. The van der Waals surface area contributed by atoms with Crippen LogP contribution >= 0.6 is 0 Å². The van der Waals surface area contributed by atoms with E-state index in [9.17, 15) is 4.79 Å².